The highest BCUT2D eigenvalue weighted by atomic mass is 16.1. The summed E-state index contributed by atoms with van der Waals surface area (Å²) < 4.78 is 0. The SMILES string of the molecule is CCN1CCCC1CN(C)C1CCC(N)(C(N)=O)C1. The van der Waals surface area contributed by atoms with Crippen LogP contribution in [0.25, 0.3) is 0 Å². The molecule has 4 N–H and O–H groups in total. The Morgan fingerprint density at radius 2 is 2.21 bits per heavy atom. The standard InChI is InChI=1S/C14H28N4O/c1-3-18-8-4-5-12(18)10-17(2)11-6-7-14(16,9-11)13(15)19/h11-12H,3-10,16H2,1-2H3,(H2,15,19). The molecule has 19 heavy (non-hydrogen) atoms. The third-order valence-electron chi connectivity index (χ3n) is 5.04. The van der Waals surface area contributed by atoms with Gasteiger partial charge in [0.2, 0.25) is 5.91 Å². The molecule has 0 spiro atoms. The summed E-state index contributed by atoms with van der Waals surface area (Å²) in [6.07, 6.45) is 5.00. The minimum atomic E-state index is -0.779. The monoisotopic (exact) mass is 268 g/mol. The molecule has 110 valence electrons. The molecule has 0 aromatic heterocycles. The Morgan fingerprint density at radius 1 is 1.47 bits per heavy atom. The van der Waals surface area contributed by atoms with Crippen LogP contribution in [0.1, 0.15) is 39.0 Å². The Hall–Kier alpha value is -0.650. The van der Waals surface area contributed by atoms with Gasteiger partial charge in [0.25, 0.3) is 0 Å². The molecule has 2 rings (SSSR count). The van der Waals surface area contributed by atoms with Crippen molar-refractivity contribution < 1.29 is 4.79 Å². The van der Waals surface area contributed by atoms with Crippen LogP contribution in [0.4, 0.5) is 0 Å². The fourth-order valence-electron chi connectivity index (χ4n) is 3.65. The first-order valence-electron chi connectivity index (χ1n) is 7.49. The molecule has 0 aromatic rings. The van der Waals surface area contributed by atoms with E-state index in [1.165, 1.54) is 19.4 Å². The van der Waals surface area contributed by atoms with Crippen molar-refractivity contribution in [3.8, 4) is 0 Å². The summed E-state index contributed by atoms with van der Waals surface area (Å²) in [5.74, 6) is -0.348. The first kappa shape index (κ1) is 14.8. The average Bonchev–Trinajstić information content (AvgIpc) is 2.96. The van der Waals surface area contributed by atoms with Crippen molar-refractivity contribution in [2.75, 3.05) is 26.7 Å². The second kappa shape index (κ2) is 5.77. The number of likely N-dealkylation sites (N-methyl/N-ethyl adjacent to an activating group) is 2. The maximum Gasteiger partial charge on any atom is 0.237 e. The number of likely N-dealkylation sites (tertiary alicyclic amines) is 1. The van der Waals surface area contributed by atoms with Gasteiger partial charge in [-0.3, -0.25) is 9.69 Å². The molecule has 2 fully saturated rings. The van der Waals surface area contributed by atoms with Crippen LogP contribution < -0.4 is 11.5 Å². The molecule has 0 radical (unpaired) electrons. The van der Waals surface area contributed by atoms with E-state index in [1.54, 1.807) is 0 Å². The van der Waals surface area contributed by atoms with E-state index in [2.05, 4.69) is 23.8 Å². The van der Waals surface area contributed by atoms with Gasteiger partial charge in [-0.05, 0) is 52.2 Å². The van der Waals surface area contributed by atoms with Crippen LogP contribution in [0.5, 0.6) is 0 Å². The van der Waals surface area contributed by atoms with Gasteiger partial charge in [0, 0.05) is 18.6 Å². The third kappa shape index (κ3) is 3.09. The smallest absolute Gasteiger partial charge is 0.237 e. The van der Waals surface area contributed by atoms with Crippen LogP contribution in [0.3, 0.4) is 0 Å². The Morgan fingerprint density at radius 3 is 2.79 bits per heavy atom. The Bertz CT molecular complexity index is 335. The zero-order valence-corrected chi connectivity index (χ0v) is 12.3. The summed E-state index contributed by atoms with van der Waals surface area (Å²) in [4.78, 5) is 16.3. The molecule has 1 aliphatic carbocycles. The maximum atomic E-state index is 11.4. The van der Waals surface area contributed by atoms with E-state index >= 15 is 0 Å². The Balaban J connectivity index is 1.88. The summed E-state index contributed by atoms with van der Waals surface area (Å²) >= 11 is 0. The van der Waals surface area contributed by atoms with Gasteiger partial charge in [-0.25, -0.2) is 0 Å². The normalized spacial score (nSPS) is 36.2. The highest BCUT2D eigenvalue weighted by Gasteiger charge is 2.42. The van der Waals surface area contributed by atoms with E-state index < -0.39 is 5.54 Å². The molecular formula is C14H28N4O. The molecule has 1 heterocycles. The van der Waals surface area contributed by atoms with Crippen LogP contribution >= 0.6 is 0 Å². The van der Waals surface area contributed by atoms with Crippen molar-refractivity contribution in [3.63, 3.8) is 0 Å². The molecule has 3 atom stereocenters. The topological polar surface area (TPSA) is 75.6 Å². The van der Waals surface area contributed by atoms with Crippen molar-refractivity contribution in [2.24, 2.45) is 11.5 Å². The zero-order valence-electron chi connectivity index (χ0n) is 12.3. The fraction of sp³-hybridized carbons (Fsp3) is 0.929. The van der Waals surface area contributed by atoms with Crippen LogP contribution in [-0.4, -0.2) is 60.0 Å². The number of nitrogens with zero attached hydrogens (tertiary/aromatic N) is 2. The van der Waals surface area contributed by atoms with Crippen LogP contribution in [0, 0.1) is 0 Å². The highest BCUT2D eigenvalue weighted by molar-refractivity contribution is 5.84. The van der Waals surface area contributed by atoms with Gasteiger partial charge in [-0.2, -0.15) is 0 Å². The van der Waals surface area contributed by atoms with Crippen molar-refractivity contribution in [3.05, 3.63) is 0 Å². The van der Waals surface area contributed by atoms with Crippen LogP contribution in [-0.2, 0) is 4.79 Å². The zero-order chi connectivity index (χ0) is 14.0. The quantitative estimate of drug-likeness (QED) is 0.743. The maximum absolute atomic E-state index is 11.4. The summed E-state index contributed by atoms with van der Waals surface area (Å²) in [5.41, 5.74) is 10.7. The number of nitrogens with two attached hydrogens (primary N) is 2. The summed E-state index contributed by atoms with van der Waals surface area (Å²) in [6.45, 7) is 5.66. The van der Waals surface area contributed by atoms with Gasteiger partial charge in [0.05, 0.1) is 5.54 Å². The molecule has 0 bridgehead atoms. The minimum Gasteiger partial charge on any atom is -0.368 e. The number of hydrogen-bond acceptors (Lipinski definition) is 4. The highest BCUT2D eigenvalue weighted by Crippen LogP contribution is 2.31. The summed E-state index contributed by atoms with van der Waals surface area (Å²) in [5, 5.41) is 0. The van der Waals surface area contributed by atoms with Gasteiger partial charge >= 0.3 is 0 Å². The molecule has 1 saturated carbocycles. The second-order valence-electron chi connectivity index (χ2n) is 6.28. The molecule has 1 saturated heterocycles. The van der Waals surface area contributed by atoms with Crippen molar-refractivity contribution in [1.82, 2.24) is 9.80 Å². The van der Waals surface area contributed by atoms with E-state index in [4.69, 9.17) is 11.5 Å². The predicted octanol–water partition coefficient (Wildman–Crippen LogP) is 0.138. The molecule has 1 amide bonds. The Labute approximate surface area is 116 Å². The van der Waals surface area contributed by atoms with E-state index in [0.717, 1.165) is 25.9 Å². The number of amides is 1. The van der Waals surface area contributed by atoms with Gasteiger partial charge < -0.3 is 16.4 Å². The lowest BCUT2D eigenvalue weighted by Gasteiger charge is -2.32. The number of primary amides is 1. The lowest BCUT2D eigenvalue weighted by molar-refractivity contribution is -0.123. The molecule has 1 aliphatic heterocycles. The van der Waals surface area contributed by atoms with Gasteiger partial charge in [-0.1, -0.05) is 6.92 Å². The third-order valence-corrected chi connectivity index (χ3v) is 5.04. The summed E-state index contributed by atoms with van der Waals surface area (Å²) in [7, 11) is 2.16. The Kier molecular flexibility index (Phi) is 4.48. The van der Waals surface area contributed by atoms with E-state index in [9.17, 15) is 4.79 Å². The first-order valence-corrected chi connectivity index (χ1v) is 7.49. The van der Waals surface area contributed by atoms with E-state index in [-0.39, 0.29) is 5.91 Å². The predicted molar refractivity (Wildman–Crippen MR) is 76.7 cm³/mol. The number of hydrogen-bond donors (Lipinski definition) is 2. The fourth-order valence-corrected chi connectivity index (χ4v) is 3.65. The van der Waals surface area contributed by atoms with Crippen molar-refractivity contribution in [2.45, 2.75) is 56.7 Å². The lowest BCUT2D eigenvalue weighted by Crippen LogP contribution is -2.51. The molecule has 0 aromatic carbocycles. The van der Waals surface area contributed by atoms with Gasteiger partial charge in [0.15, 0.2) is 0 Å². The van der Waals surface area contributed by atoms with Gasteiger partial charge in [-0.15, -0.1) is 0 Å². The molecule has 5 heteroatoms. The minimum absolute atomic E-state index is 0.348. The summed E-state index contributed by atoms with van der Waals surface area (Å²) in [6, 6.07) is 1.06. The molecule has 2 aliphatic rings. The molecule has 3 unspecified atom stereocenters. The lowest BCUT2D eigenvalue weighted by atomic mass is 9.98. The van der Waals surface area contributed by atoms with E-state index in [0.29, 0.717) is 18.5 Å². The van der Waals surface area contributed by atoms with Crippen molar-refractivity contribution in [1.29, 1.82) is 0 Å². The van der Waals surface area contributed by atoms with Crippen LogP contribution in [0.2, 0.25) is 0 Å². The second-order valence-corrected chi connectivity index (χ2v) is 6.28. The number of carbonyl (C=O) groups is 1. The molecular weight excluding hydrogens is 240 g/mol. The van der Waals surface area contributed by atoms with E-state index in [1.807, 2.05) is 0 Å². The van der Waals surface area contributed by atoms with Crippen molar-refractivity contribution >= 4 is 5.91 Å². The average molecular weight is 268 g/mol. The number of carbonyl (C=O) groups excluding carboxylic acids is 1. The largest absolute Gasteiger partial charge is 0.368 e. The molecule has 5 nitrogen and oxygen atoms in total. The van der Waals surface area contributed by atoms with Gasteiger partial charge in [0.1, 0.15) is 0 Å². The first-order chi connectivity index (χ1) is 8.96. The van der Waals surface area contributed by atoms with Crippen LogP contribution in [0.15, 0.2) is 0 Å². The number of rotatable bonds is 5.